The van der Waals surface area contributed by atoms with E-state index in [1.807, 2.05) is 12.1 Å². The maximum atomic E-state index is 11.9. The summed E-state index contributed by atoms with van der Waals surface area (Å²) in [6.45, 7) is 3.83. The molecule has 0 spiro atoms. The lowest BCUT2D eigenvalue weighted by atomic mass is 10.2. The van der Waals surface area contributed by atoms with E-state index < -0.39 is 0 Å². The molecule has 0 heterocycles. The van der Waals surface area contributed by atoms with Crippen molar-refractivity contribution in [2.45, 2.75) is 13.3 Å². The largest absolute Gasteiger partial charge is 0.385 e. The number of amides is 2. The van der Waals surface area contributed by atoms with E-state index in [9.17, 15) is 9.59 Å². The molecule has 6 nitrogen and oxygen atoms in total. The quantitative estimate of drug-likeness (QED) is 0.594. The fourth-order valence-electron chi connectivity index (χ4n) is 1.63. The highest BCUT2D eigenvalue weighted by molar-refractivity contribution is 5.96. The first-order valence-electron chi connectivity index (χ1n) is 7.05. The molecule has 0 bridgehead atoms. The van der Waals surface area contributed by atoms with Crippen molar-refractivity contribution < 1.29 is 14.3 Å². The van der Waals surface area contributed by atoms with E-state index in [-0.39, 0.29) is 18.4 Å². The van der Waals surface area contributed by atoms with Gasteiger partial charge in [0.15, 0.2) is 0 Å². The number of ether oxygens (including phenoxy) is 1. The minimum Gasteiger partial charge on any atom is -0.385 e. The van der Waals surface area contributed by atoms with Crippen molar-refractivity contribution in [3.63, 3.8) is 0 Å². The molecule has 0 radical (unpaired) electrons. The number of methoxy groups -OCH3 is 1. The van der Waals surface area contributed by atoms with Crippen molar-refractivity contribution in [2.75, 3.05) is 38.7 Å². The zero-order valence-corrected chi connectivity index (χ0v) is 12.6. The van der Waals surface area contributed by atoms with Gasteiger partial charge >= 0.3 is 0 Å². The zero-order chi connectivity index (χ0) is 15.5. The molecule has 0 aromatic heterocycles. The van der Waals surface area contributed by atoms with Crippen LogP contribution in [0, 0.1) is 0 Å². The summed E-state index contributed by atoms with van der Waals surface area (Å²) >= 11 is 0. The van der Waals surface area contributed by atoms with Crippen LogP contribution in [-0.4, -0.2) is 45.2 Å². The molecule has 0 saturated carbocycles. The maximum Gasteiger partial charge on any atom is 0.251 e. The minimum absolute atomic E-state index is 0.0433. The van der Waals surface area contributed by atoms with Gasteiger partial charge in [-0.15, -0.1) is 0 Å². The highest BCUT2D eigenvalue weighted by Crippen LogP contribution is 2.09. The van der Waals surface area contributed by atoms with Gasteiger partial charge in [0.05, 0.1) is 13.2 Å². The third-order valence-electron chi connectivity index (χ3n) is 2.76. The summed E-state index contributed by atoms with van der Waals surface area (Å²) in [5.41, 5.74) is 1.51. The van der Waals surface area contributed by atoms with Crippen molar-refractivity contribution in [1.29, 1.82) is 0 Å². The molecule has 21 heavy (non-hydrogen) atoms. The van der Waals surface area contributed by atoms with E-state index in [0.29, 0.717) is 18.7 Å². The van der Waals surface area contributed by atoms with Gasteiger partial charge in [0, 0.05) is 31.5 Å². The average molecular weight is 293 g/mol. The molecule has 0 atom stereocenters. The van der Waals surface area contributed by atoms with E-state index >= 15 is 0 Å². The van der Waals surface area contributed by atoms with E-state index in [0.717, 1.165) is 18.7 Å². The number of carbonyl (C=O) groups excluding carboxylic acids is 2. The summed E-state index contributed by atoms with van der Waals surface area (Å²) in [6, 6.07) is 7.17. The van der Waals surface area contributed by atoms with Gasteiger partial charge in [0.25, 0.3) is 5.91 Å². The lowest BCUT2D eigenvalue weighted by molar-refractivity contribution is -0.120. The second-order valence-electron chi connectivity index (χ2n) is 4.53. The Kier molecular flexibility index (Phi) is 7.89. The van der Waals surface area contributed by atoms with Crippen LogP contribution < -0.4 is 16.0 Å². The monoisotopic (exact) mass is 293 g/mol. The average Bonchev–Trinajstić information content (AvgIpc) is 2.51. The molecular formula is C15H23N3O3. The number of nitrogens with one attached hydrogen (secondary N) is 3. The number of hydrogen-bond donors (Lipinski definition) is 3. The van der Waals surface area contributed by atoms with E-state index in [1.54, 1.807) is 19.2 Å². The zero-order valence-electron chi connectivity index (χ0n) is 12.6. The molecule has 0 aliphatic heterocycles. The second-order valence-corrected chi connectivity index (χ2v) is 4.53. The van der Waals surface area contributed by atoms with E-state index in [2.05, 4.69) is 22.9 Å². The number of rotatable bonds is 9. The Morgan fingerprint density at radius 3 is 2.43 bits per heavy atom. The number of hydrogen-bond acceptors (Lipinski definition) is 4. The van der Waals surface area contributed by atoms with Crippen molar-refractivity contribution in [3.8, 4) is 0 Å². The van der Waals surface area contributed by atoms with E-state index in [4.69, 9.17) is 4.74 Å². The van der Waals surface area contributed by atoms with Crippen LogP contribution in [0.3, 0.4) is 0 Å². The highest BCUT2D eigenvalue weighted by atomic mass is 16.5. The molecule has 1 rings (SSSR count). The lowest BCUT2D eigenvalue weighted by Crippen LogP contribution is -2.38. The Morgan fingerprint density at radius 2 is 1.81 bits per heavy atom. The molecule has 0 aliphatic carbocycles. The number of carbonyl (C=O) groups is 2. The molecule has 3 N–H and O–H groups in total. The Labute approximate surface area is 125 Å². The van der Waals surface area contributed by atoms with Crippen LogP contribution in [0.4, 0.5) is 5.69 Å². The Morgan fingerprint density at radius 1 is 1.10 bits per heavy atom. The fraction of sp³-hybridized carbons (Fsp3) is 0.467. The molecule has 116 valence electrons. The predicted molar refractivity (Wildman–Crippen MR) is 82.4 cm³/mol. The summed E-state index contributed by atoms with van der Waals surface area (Å²) in [4.78, 5) is 23.3. The van der Waals surface area contributed by atoms with Gasteiger partial charge in [-0.05, 0) is 30.7 Å². The van der Waals surface area contributed by atoms with Gasteiger partial charge in [-0.3, -0.25) is 9.59 Å². The molecule has 2 amide bonds. The molecule has 0 unspecified atom stereocenters. The molecule has 0 saturated heterocycles. The van der Waals surface area contributed by atoms with E-state index in [1.165, 1.54) is 0 Å². The summed E-state index contributed by atoms with van der Waals surface area (Å²) in [5, 5.41) is 8.44. The molecular weight excluding hydrogens is 270 g/mol. The standard InChI is InChI=1S/C15H23N3O3/c1-3-8-16-13-6-4-12(5-7-13)15(20)18-11-14(19)17-9-10-21-2/h4-7,16H,3,8-11H2,1-2H3,(H,17,19)(H,18,20). The van der Waals surface area contributed by atoms with Crippen LogP contribution in [-0.2, 0) is 9.53 Å². The number of anilines is 1. The number of benzene rings is 1. The fourth-order valence-corrected chi connectivity index (χ4v) is 1.63. The highest BCUT2D eigenvalue weighted by Gasteiger charge is 2.07. The molecule has 1 aromatic carbocycles. The minimum atomic E-state index is -0.265. The molecule has 0 fully saturated rings. The summed E-state index contributed by atoms with van der Waals surface area (Å²) in [6.07, 6.45) is 1.04. The Bertz CT molecular complexity index is 446. The topological polar surface area (TPSA) is 79.5 Å². The lowest BCUT2D eigenvalue weighted by Gasteiger charge is -2.08. The van der Waals surface area contributed by atoms with Crippen molar-refractivity contribution in [2.24, 2.45) is 0 Å². The Hall–Kier alpha value is -2.08. The van der Waals surface area contributed by atoms with Gasteiger partial charge in [0.1, 0.15) is 0 Å². The first kappa shape index (κ1) is 17.0. The van der Waals surface area contributed by atoms with Crippen LogP contribution in [0.25, 0.3) is 0 Å². The SMILES string of the molecule is CCCNc1ccc(C(=O)NCC(=O)NCCOC)cc1. The molecule has 1 aromatic rings. The normalized spacial score (nSPS) is 10.0. The van der Waals surface area contributed by atoms with Crippen LogP contribution >= 0.6 is 0 Å². The smallest absolute Gasteiger partial charge is 0.251 e. The predicted octanol–water partition coefficient (Wildman–Crippen LogP) is 1.00. The first-order chi connectivity index (χ1) is 10.2. The third-order valence-corrected chi connectivity index (χ3v) is 2.76. The summed E-state index contributed by atoms with van der Waals surface area (Å²) < 4.78 is 4.82. The van der Waals surface area contributed by atoms with Crippen molar-refractivity contribution in [1.82, 2.24) is 10.6 Å². The summed E-state index contributed by atoms with van der Waals surface area (Å²) in [7, 11) is 1.56. The van der Waals surface area contributed by atoms with Crippen LogP contribution in [0.15, 0.2) is 24.3 Å². The van der Waals surface area contributed by atoms with Gasteiger partial charge in [-0.25, -0.2) is 0 Å². The van der Waals surface area contributed by atoms with Crippen LogP contribution in [0.1, 0.15) is 23.7 Å². The summed E-state index contributed by atoms with van der Waals surface area (Å²) in [5.74, 6) is -0.499. The van der Waals surface area contributed by atoms with Gasteiger partial charge in [-0.2, -0.15) is 0 Å². The first-order valence-corrected chi connectivity index (χ1v) is 7.05. The maximum absolute atomic E-state index is 11.9. The van der Waals surface area contributed by atoms with Gasteiger partial charge < -0.3 is 20.7 Å². The van der Waals surface area contributed by atoms with Gasteiger partial charge in [0.2, 0.25) is 5.91 Å². The molecule has 0 aliphatic rings. The van der Waals surface area contributed by atoms with Gasteiger partial charge in [-0.1, -0.05) is 6.92 Å². The van der Waals surface area contributed by atoms with Crippen molar-refractivity contribution >= 4 is 17.5 Å². The molecule has 6 heteroatoms. The van der Waals surface area contributed by atoms with Crippen molar-refractivity contribution in [3.05, 3.63) is 29.8 Å². The van der Waals surface area contributed by atoms with Crippen LogP contribution in [0.5, 0.6) is 0 Å². The second kappa shape index (κ2) is 9.77. The Balaban J connectivity index is 2.36. The van der Waals surface area contributed by atoms with Crippen LogP contribution in [0.2, 0.25) is 0 Å². The third kappa shape index (κ3) is 6.76.